The molecule has 4 aromatic rings. The SMILES string of the molecule is COc1ccc(COc2cccc(OCc3cc(C(=O)Nc4cc([C@H]5CC[C@@H](OC(=O)NC(C)C)C5)[nH]n4)n(C)n3)c2C2OCCO2)cc1. The zero-order valence-electron chi connectivity index (χ0n) is 28.1. The molecule has 14 nitrogen and oxygen atoms in total. The van der Waals surface area contributed by atoms with Crippen molar-refractivity contribution in [3.8, 4) is 17.2 Å². The van der Waals surface area contributed by atoms with E-state index in [4.69, 9.17) is 28.4 Å². The summed E-state index contributed by atoms with van der Waals surface area (Å²) in [5, 5.41) is 17.4. The molecule has 3 heterocycles. The predicted molar refractivity (Wildman–Crippen MR) is 178 cm³/mol. The lowest BCUT2D eigenvalue weighted by atomic mass is 10.0. The number of ether oxygens (including phenoxy) is 6. The quantitative estimate of drug-likeness (QED) is 0.168. The van der Waals surface area contributed by atoms with Crippen LogP contribution >= 0.6 is 0 Å². The maximum atomic E-state index is 13.2. The fraction of sp³-hybridized carbons (Fsp3) is 0.429. The Morgan fingerprint density at radius 3 is 2.47 bits per heavy atom. The van der Waals surface area contributed by atoms with Gasteiger partial charge in [0.25, 0.3) is 5.91 Å². The van der Waals surface area contributed by atoms with Gasteiger partial charge in [0.15, 0.2) is 12.1 Å². The number of aromatic amines is 1. The predicted octanol–water partition coefficient (Wildman–Crippen LogP) is 5.38. The minimum atomic E-state index is -0.641. The summed E-state index contributed by atoms with van der Waals surface area (Å²) in [7, 11) is 3.33. The number of benzene rings is 2. The minimum absolute atomic E-state index is 0.0140. The van der Waals surface area contributed by atoms with Gasteiger partial charge in [0.2, 0.25) is 0 Å². The normalized spacial score (nSPS) is 17.7. The lowest BCUT2D eigenvalue weighted by Gasteiger charge is -2.19. The van der Waals surface area contributed by atoms with Crippen LogP contribution in [-0.2, 0) is 34.5 Å². The van der Waals surface area contributed by atoms with Gasteiger partial charge in [-0.3, -0.25) is 14.6 Å². The van der Waals surface area contributed by atoms with Crippen molar-refractivity contribution in [3.05, 3.63) is 82.8 Å². The molecule has 2 aromatic carbocycles. The molecule has 1 saturated carbocycles. The number of aryl methyl sites for hydroxylation is 1. The van der Waals surface area contributed by atoms with Crippen molar-refractivity contribution in [2.24, 2.45) is 7.05 Å². The lowest BCUT2D eigenvalue weighted by Crippen LogP contribution is -2.33. The molecule has 2 fully saturated rings. The van der Waals surface area contributed by atoms with E-state index in [-0.39, 0.29) is 30.6 Å². The summed E-state index contributed by atoms with van der Waals surface area (Å²) in [4.78, 5) is 25.2. The number of nitrogens with zero attached hydrogens (tertiary/aromatic N) is 3. The molecule has 6 rings (SSSR count). The van der Waals surface area contributed by atoms with Crippen molar-refractivity contribution in [1.29, 1.82) is 0 Å². The Labute approximate surface area is 284 Å². The molecule has 49 heavy (non-hydrogen) atoms. The molecule has 0 radical (unpaired) electrons. The summed E-state index contributed by atoms with van der Waals surface area (Å²) in [6.07, 6.45) is 1.09. The van der Waals surface area contributed by atoms with Crippen LogP contribution in [0.2, 0.25) is 0 Å². The van der Waals surface area contributed by atoms with Gasteiger partial charge in [-0.15, -0.1) is 0 Å². The van der Waals surface area contributed by atoms with Crippen LogP contribution < -0.4 is 24.8 Å². The third-order valence-corrected chi connectivity index (χ3v) is 8.32. The third-order valence-electron chi connectivity index (χ3n) is 8.32. The molecular weight excluding hydrogens is 632 g/mol. The summed E-state index contributed by atoms with van der Waals surface area (Å²) in [5.74, 6) is 2.06. The van der Waals surface area contributed by atoms with Gasteiger partial charge in [-0.1, -0.05) is 18.2 Å². The van der Waals surface area contributed by atoms with Gasteiger partial charge in [0, 0.05) is 30.8 Å². The first-order valence-electron chi connectivity index (χ1n) is 16.4. The van der Waals surface area contributed by atoms with Gasteiger partial charge < -0.3 is 39.1 Å². The van der Waals surface area contributed by atoms with E-state index in [0.717, 1.165) is 29.8 Å². The molecule has 2 aliphatic rings. The fourth-order valence-electron chi connectivity index (χ4n) is 5.92. The number of rotatable bonds is 13. The Morgan fingerprint density at radius 2 is 1.76 bits per heavy atom. The monoisotopic (exact) mass is 674 g/mol. The second kappa shape index (κ2) is 15.4. The number of nitrogens with one attached hydrogen (secondary N) is 3. The summed E-state index contributed by atoms with van der Waals surface area (Å²) in [5.41, 5.74) is 3.40. The Morgan fingerprint density at radius 1 is 1.02 bits per heavy atom. The molecule has 14 heteroatoms. The van der Waals surface area contributed by atoms with Crippen LogP contribution in [0, 0.1) is 0 Å². The van der Waals surface area contributed by atoms with Crippen LogP contribution in [-0.4, -0.2) is 64.4 Å². The summed E-state index contributed by atoms with van der Waals surface area (Å²) < 4.78 is 36.4. The second-order valence-corrected chi connectivity index (χ2v) is 12.3. The van der Waals surface area contributed by atoms with Gasteiger partial charge >= 0.3 is 6.09 Å². The number of hydrogen-bond acceptors (Lipinski definition) is 10. The highest BCUT2D eigenvalue weighted by atomic mass is 16.7. The van der Waals surface area contributed by atoms with Crippen LogP contribution in [0.1, 0.15) is 78.3 Å². The van der Waals surface area contributed by atoms with E-state index in [9.17, 15) is 9.59 Å². The first-order valence-corrected chi connectivity index (χ1v) is 16.4. The minimum Gasteiger partial charge on any atom is -0.497 e. The maximum absolute atomic E-state index is 13.2. The van der Waals surface area contributed by atoms with Gasteiger partial charge in [0.1, 0.15) is 48.0 Å². The lowest BCUT2D eigenvalue weighted by molar-refractivity contribution is -0.0477. The molecule has 1 saturated heterocycles. The highest BCUT2D eigenvalue weighted by Gasteiger charge is 2.31. The highest BCUT2D eigenvalue weighted by molar-refractivity contribution is 6.02. The van der Waals surface area contributed by atoms with E-state index in [1.165, 1.54) is 4.68 Å². The average Bonchev–Trinajstić information content (AvgIpc) is 3.91. The van der Waals surface area contributed by atoms with Crippen LogP contribution in [0.15, 0.2) is 54.6 Å². The number of methoxy groups -OCH3 is 1. The van der Waals surface area contributed by atoms with Gasteiger partial charge in [-0.25, -0.2) is 4.79 Å². The van der Waals surface area contributed by atoms with E-state index in [1.807, 2.05) is 62.4 Å². The molecule has 2 amide bonds. The number of anilines is 1. The van der Waals surface area contributed by atoms with E-state index < -0.39 is 12.4 Å². The number of H-pyrrole nitrogens is 1. The molecule has 1 aliphatic carbocycles. The Balaban J connectivity index is 1.07. The van der Waals surface area contributed by atoms with Crippen molar-refractivity contribution in [1.82, 2.24) is 25.3 Å². The number of carbonyl (C=O) groups is 2. The molecule has 0 unspecified atom stereocenters. The summed E-state index contributed by atoms with van der Waals surface area (Å²) in [6.45, 7) is 5.12. The second-order valence-electron chi connectivity index (χ2n) is 12.3. The van der Waals surface area contributed by atoms with Crippen LogP contribution in [0.25, 0.3) is 0 Å². The third kappa shape index (κ3) is 8.51. The molecule has 3 N–H and O–H groups in total. The summed E-state index contributed by atoms with van der Waals surface area (Å²) >= 11 is 0. The smallest absolute Gasteiger partial charge is 0.407 e. The summed E-state index contributed by atoms with van der Waals surface area (Å²) in [6, 6.07) is 16.7. The number of amides is 2. The molecule has 2 aromatic heterocycles. The number of aromatic nitrogens is 4. The fourth-order valence-corrected chi connectivity index (χ4v) is 5.92. The molecule has 0 spiro atoms. The van der Waals surface area contributed by atoms with Crippen molar-refractivity contribution < 1.29 is 38.0 Å². The van der Waals surface area contributed by atoms with Crippen molar-refractivity contribution >= 4 is 17.8 Å². The highest BCUT2D eigenvalue weighted by Crippen LogP contribution is 2.39. The first kappa shape index (κ1) is 33.8. The zero-order valence-corrected chi connectivity index (χ0v) is 28.1. The van der Waals surface area contributed by atoms with E-state index in [0.29, 0.717) is 60.5 Å². The molecule has 260 valence electrons. The molecular formula is C35H42N6O8. The Hall–Kier alpha value is -5.08. The Kier molecular flexibility index (Phi) is 10.6. The topological polar surface area (TPSA) is 160 Å². The van der Waals surface area contributed by atoms with Crippen molar-refractivity contribution in [3.63, 3.8) is 0 Å². The standard InChI is InChI=1S/C35H42N6O8/c1-21(2)36-35(43)49-26-13-10-23(16-26)27-18-31(39-38-27)37-33(42)28-17-24(40-41(28)3)20-48-30-7-5-6-29(32(30)34-45-14-15-46-34)47-19-22-8-11-25(44-4)12-9-22/h5-9,11-12,17-18,21,23,26,34H,10,13-16,19-20H2,1-4H3,(H,36,43)(H2,37,38,39,42)/t23-,26+/m0/s1. The maximum Gasteiger partial charge on any atom is 0.407 e. The van der Waals surface area contributed by atoms with Crippen LogP contribution in [0.4, 0.5) is 10.6 Å². The van der Waals surface area contributed by atoms with E-state index in [2.05, 4.69) is 25.9 Å². The number of carbonyl (C=O) groups excluding carboxylic acids is 2. The zero-order chi connectivity index (χ0) is 34.3. The number of hydrogen-bond donors (Lipinski definition) is 3. The van der Waals surface area contributed by atoms with Crippen LogP contribution in [0.5, 0.6) is 17.2 Å². The van der Waals surface area contributed by atoms with Gasteiger partial charge in [-0.05, 0) is 69.0 Å². The molecule has 2 atom stereocenters. The molecule has 0 bridgehead atoms. The average molecular weight is 675 g/mol. The first-order chi connectivity index (χ1) is 23.7. The number of alkyl carbamates (subject to hydrolysis) is 1. The largest absolute Gasteiger partial charge is 0.497 e. The van der Waals surface area contributed by atoms with Crippen molar-refractivity contribution in [2.45, 2.75) is 70.7 Å². The van der Waals surface area contributed by atoms with Gasteiger partial charge in [-0.2, -0.15) is 10.2 Å². The van der Waals surface area contributed by atoms with E-state index in [1.54, 1.807) is 20.2 Å². The van der Waals surface area contributed by atoms with Gasteiger partial charge in [0.05, 0.1) is 25.9 Å². The Bertz CT molecular complexity index is 1730. The molecule has 1 aliphatic heterocycles. The van der Waals surface area contributed by atoms with E-state index >= 15 is 0 Å². The van der Waals surface area contributed by atoms with Crippen molar-refractivity contribution in [2.75, 3.05) is 25.6 Å². The van der Waals surface area contributed by atoms with Crippen LogP contribution in [0.3, 0.4) is 0 Å².